The maximum atomic E-state index is 12.7. The van der Waals surface area contributed by atoms with Crippen molar-refractivity contribution < 1.29 is 4.79 Å². The molecule has 8 nitrogen and oxygen atoms in total. The summed E-state index contributed by atoms with van der Waals surface area (Å²) in [6.45, 7) is 0. The van der Waals surface area contributed by atoms with Gasteiger partial charge in [0.15, 0.2) is 0 Å². The maximum Gasteiger partial charge on any atom is 0.328 e. The molecular weight excluding hydrogens is 382 g/mol. The summed E-state index contributed by atoms with van der Waals surface area (Å²) in [5.74, 6) is -1.04. The molecule has 0 aliphatic rings. The Hall–Kier alpha value is -3.81. The topological polar surface area (TPSA) is 119 Å². The Kier molecular flexibility index (Phi) is 4.91. The van der Waals surface area contributed by atoms with Crippen LogP contribution in [0.4, 0.5) is 0 Å². The average Bonchev–Trinajstić information content (AvgIpc) is 3.19. The number of H-pyrrole nitrogens is 2. The zero-order valence-corrected chi connectivity index (χ0v) is 16.8. The van der Waals surface area contributed by atoms with Crippen LogP contribution in [0, 0.1) is 0 Å². The van der Waals surface area contributed by atoms with E-state index in [0.29, 0.717) is 17.7 Å². The number of benzene rings is 2. The highest BCUT2D eigenvalue weighted by atomic mass is 16.2. The van der Waals surface area contributed by atoms with Crippen molar-refractivity contribution in [2.24, 2.45) is 19.8 Å². The predicted molar refractivity (Wildman–Crippen MR) is 114 cm³/mol. The summed E-state index contributed by atoms with van der Waals surface area (Å²) in [5, 5.41) is 5.61. The molecule has 30 heavy (non-hydrogen) atoms. The number of aromatic amines is 2. The highest BCUT2D eigenvalue weighted by molar-refractivity contribution is 5.79. The molecule has 8 heteroatoms. The summed E-state index contributed by atoms with van der Waals surface area (Å²) in [6, 6.07) is 15.3. The van der Waals surface area contributed by atoms with E-state index in [1.807, 2.05) is 48.5 Å². The first-order valence-electron chi connectivity index (χ1n) is 9.63. The minimum Gasteiger partial charge on any atom is -0.370 e. The fraction of sp³-hybridized carbons (Fsp3) is 0.227. The van der Waals surface area contributed by atoms with Gasteiger partial charge in [-0.3, -0.25) is 23.8 Å². The number of primary amides is 1. The fourth-order valence-electron chi connectivity index (χ4n) is 4.04. The third kappa shape index (κ3) is 3.36. The molecule has 0 bridgehead atoms. The lowest BCUT2D eigenvalue weighted by Crippen LogP contribution is -2.21. The Labute approximate surface area is 171 Å². The molecule has 4 aromatic rings. The minimum absolute atomic E-state index is 0.0188. The number of hydrogen-bond donors (Lipinski definition) is 3. The van der Waals surface area contributed by atoms with Crippen LogP contribution in [0.5, 0.6) is 0 Å². The van der Waals surface area contributed by atoms with Gasteiger partial charge in [-0.05, 0) is 23.3 Å². The largest absolute Gasteiger partial charge is 0.370 e. The summed E-state index contributed by atoms with van der Waals surface area (Å²) in [7, 11) is 3.40. The summed E-state index contributed by atoms with van der Waals surface area (Å²) < 4.78 is 3.11. The number of rotatable bonds is 6. The van der Waals surface area contributed by atoms with Gasteiger partial charge in [0.2, 0.25) is 5.91 Å². The highest BCUT2D eigenvalue weighted by Crippen LogP contribution is 2.30. The number of nitrogens with zero attached hydrogens (tertiary/aromatic N) is 2. The second-order valence-electron chi connectivity index (χ2n) is 7.51. The van der Waals surface area contributed by atoms with Crippen LogP contribution in [-0.2, 0) is 25.3 Å². The smallest absolute Gasteiger partial charge is 0.328 e. The van der Waals surface area contributed by atoms with E-state index >= 15 is 0 Å². The number of hydrogen-bond acceptors (Lipinski definition) is 3. The van der Waals surface area contributed by atoms with Crippen LogP contribution in [0.2, 0.25) is 0 Å². The first-order chi connectivity index (χ1) is 14.4. The van der Waals surface area contributed by atoms with Crippen molar-refractivity contribution in [1.82, 2.24) is 19.3 Å². The Morgan fingerprint density at radius 3 is 2.40 bits per heavy atom. The molecule has 0 aliphatic carbocycles. The quantitative estimate of drug-likeness (QED) is 0.451. The Morgan fingerprint density at radius 1 is 1.00 bits per heavy atom. The molecule has 0 unspecified atom stereocenters. The summed E-state index contributed by atoms with van der Waals surface area (Å²) in [4.78, 5) is 36.9. The molecule has 0 radical (unpaired) electrons. The van der Waals surface area contributed by atoms with Crippen LogP contribution in [0.25, 0.3) is 11.0 Å². The van der Waals surface area contributed by atoms with Gasteiger partial charge >= 0.3 is 5.69 Å². The first-order valence-corrected chi connectivity index (χ1v) is 9.63. The number of nitrogens with one attached hydrogen (secondary N) is 2. The molecule has 0 saturated heterocycles. The lowest BCUT2D eigenvalue weighted by atomic mass is 9.87. The standard InChI is InChI=1S/C22H23N5O3/c1-26-17-9-8-14(11-18(17)27(2)22(26)30)15(12-19(23)28)20-16(24-25-21(20)29)10-13-6-4-3-5-7-13/h3-9,11,15H,10,12H2,1-2H3,(H2,23,28)(H2,24,25,29)/t15-/m1/s1. The van der Waals surface area contributed by atoms with E-state index in [9.17, 15) is 14.4 Å². The van der Waals surface area contributed by atoms with Gasteiger partial charge in [-0.1, -0.05) is 36.4 Å². The van der Waals surface area contributed by atoms with Gasteiger partial charge < -0.3 is 10.8 Å². The van der Waals surface area contributed by atoms with Crippen LogP contribution in [0.15, 0.2) is 58.1 Å². The number of amides is 1. The lowest BCUT2D eigenvalue weighted by molar-refractivity contribution is -0.118. The van der Waals surface area contributed by atoms with E-state index in [-0.39, 0.29) is 17.7 Å². The predicted octanol–water partition coefficient (Wildman–Crippen LogP) is 1.49. The summed E-state index contributed by atoms with van der Waals surface area (Å²) in [6.07, 6.45) is 0.491. The maximum absolute atomic E-state index is 12.7. The molecule has 0 spiro atoms. The molecule has 0 fully saturated rings. The van der Waals surface area contributed by atoms with E-state index in [0.717, 1.165) is 22.2 Å². The van der Waals surface area contributed by atoms with Crippen LogP contribution >= 0.6 is 0 Å². The number of carbonyl (C=O) groups is 1. The molecule has 2 aromatic heterocycles. The van der Waals surface area contributed by atoms with Crippen LogP contribution in [0.1, 0.15) is 34.7 Å². The van der Waals surface area contributed by atoms with Gasteiger partial charge in [-0.25, -0.2) is 4.79 Å². The van der Waals surface area contributed by atoms with E-state index in [1.54, 1.807) is 23.2 Å². The van der Waals surface area contributed by atoms with Gasteiger partial charge in [-0.15, -0.1) is 0 Å². The number of aromatic nitrogens is 4. The molecule has 0 saturated carbocycles. The van der Waals surface area contributed by atoms with Gasteiger partial charge in [0.05, 0.1) is 11.0 Å². The van der Waals surface area contributed by atoms with Gasteiger partial charge in [0.25, 0.3) is 5.56 Å². The number of fused-ring (bicyclic) bond motifs is 1. The average molecular weight is 405 g/mol. The van der Waals surface area contributed by atoms with Crippen molar-refractivity contribution in [2.45, 2.75) is 18.8 Å². The van der Waals surface area contributed by atoms with Crippen molar-refractivity contribution in [1.29, 1.82) is 0 Å². The monoisotopic (exact) mass is 405 g/mol. The number of nitrogens with two attached hydrogens (primary N) is 1. The molecule has 1 atom stereocenters. The zero-order valence-electron chi connectivity index (χ0n) is 16.8. The van der Waals surface area contributed by atoms with Crippen LogP contribution in [-0.4, -0.2) is 25.2 Å². The molecule has 154 valence electrons. The molecular formula is C22H23N5O3. The number of imidazole rings is 1. The molecule has 2 heterocycles. The number of aryl methyl sites for hydroxylation is 2. The Bertz CT molecular complexity index is 1340. The van der Waals surface area contributed by atoms with E-state index < -0.39 is 11.8 Å². The summed E-state index contributed by atoms with van der Waals surface area (Å²) in [5.41, 5.74) is 9.60. The van der Waals surface area contributed by atoms with Crippen LogP contribution in [0.3, 0.4) is 0 Å². The van der Waals surface area contributed by atoms with Crippen molar-refractivity contribution in [2.75, 3.05) is 0 Å². The highest BCUT2D eigenvalue weighted by Gasteiger charge is 2.25. The first kappa shape index (κ1) is 19.5. The zero-order chi connectivity index (χ0) is 21.4. The fourth-order valence-corrected chi connectivity index (χ4v) is 4.04. The van der Waals surface area contributed by atoms with Crippen molar-refractivity contribution in [3.63, 3.8) is 0 Å². The van der Waals surface area contributed by atoms with Crippen molar-refractivity contribution in [3.05, 3.63) is 91.8 Å². The molecule has 1 amide bonds. The number of carbonyl (C=O) groups excluding carboxylic acids is 1. The van der Waals surface area contributed by atoms with Crippen molar-refractivity contribution >= 4 is 16.9 Å². The van der Waals surface area contributed by atoms with Crippen molar-refractivity contribution in [3.8, 4) is 0 Å². The summed E-state index contributed by atoms with van der Waals surface area (Å²) >= 11 is 0. The van der Waals surface area contributed by atoms with E-state index in [2.05, 4.69) is 10.2 Å². The molecule has 2 aromatic carbocycles. The lowest BCUT2D eigenvalue weighted by Gasteiger charge is -2.16. The molecule has 4 N–H and O–H groups in total. The Balaban J connectivity index is 1.85. The van der Waals surface area contributed by atoms with E-state index in [1.165, 1.54) is 0 Å². The Morgan fingerprint density at radius 2 is 1.70 bits per heavy atom. The second kappa shape index (κ2) is 7.55. The van der Waals surface area contributed by atoms with Crippen LogP contribution < -0.4 is 17.0 Å². The second-order valence-corrected chi connectivity index (χ2v) is 7.51. The normalized spacial score (nSPS) is 12.3. The minimum atomic E-state index is -0.532. The SMILES string of the molecule is Cn1c(=O)n(C)c2cc([C@@H](CC(N)=O)c3c(Cc4ccccc4)[nH][nH]c3=O)ccc21. The molecule has 4 rings (SSSR count). The van der Waals surface area contributed by atoms with Gasteiger partial charge in [0, 0.05) is 44.1 Å². The molecule has 0 aliphatic heterocycles. The third-order valence-corrected chi connectivity index (χ3v) is 5.57. The third-order valence-electron chi connectivity index (χ3n) is 5.57. The van der Waals surface area contributed by atoms with Gasteiger partial charge in [-0.2, -0.15) is 0 Å². The van der Waals surface area contributed by atoms with Gasteiger partial charge in [0.1, 0.15) is 0 Å². The van der Waals surface area contributed by atoms with E-state index in [4.69, 9.17) is 5.73 Å².